The number of likely N-dealkylation sites (N-methyl/N-ethyl adjacent to an activating group) is 1. The number of guanidine groups is 1. The van der Waals surface area contributed by atoms with Crippen LogP contribution in [-0.2, 0) is 11.2 Å². The van der Waals surface area contributed by atoms with Crippen LogP contribution in [0.3, 0.4) is 0 Å². The molecule has 5 nitrogen and oxygen atoms in total. The van der Waals surface area contributed by atoms with E-state index in [9.17, 15) is 4.79 Å². The summed E-state index contributed by atoms with van der Waals surface area (Å²) in [5.41, 5.74) is 1.20. The monoisotopic (exact) mass is 338 g/mol. The van der Waals surface area contributed by atoms with Crippen LogP contribution < -0.4 is 10.6 Å². The summed E-state index contributed by atoms with van der Waals surface area (Å²) in [6, 6.07) is 8.10. The molecule has 1 atom stereocenters. The van der Waals surface area contributed by atoms with Gasteiger partial charge in [-0.15, -0.1) is 0 Å². The molecule has 0 spiro atoms. The number of aliphatic imine (C=N–C) groups is 1. The number of hydrogen-bond acceptors (Lipinski definition) is 2. The van der Waals surface area contributed by atoms with Crippen molar-refractivity contribution in [1.82, 2.24) is 15.5 Å². The minimum Gasteiger partial charge on any atom is -0.356 e. The highest BCUT2D eigenvalue weighted by atomic mass is 35.5. The highest BCUT2D eigenvalue weighted by molar-refractivity contribution is 6.30. The fourth-order valence-corrected chi connectivity index (χ4v) is 1.88. The van der Waals surface area contributed by atoms with Gasteiger partial charge >= 0.3 is 0 Å². The van der Waals surface area contributed by atoms with Crippen molar-refractivity contribution in [2.24, 2.45) is 4.99 Å². The van der Waals surface area contributed by atoms with Gasteiger partial charge in [-0.05, 0) is 37.5 Å². The molecule has 0 radical (unpaired) electrons. The third-order valence-electron chi connectivity index (χ3n) is 3.49. The summed E-state index contributed by atoms with van der Waals surface area (Å²) in [6.45, 7) is 5.07. The molecule has 0 fully saturated rings. The summed E-state index contributed by atoms with van der Waals surface area (Å²) in [6.07, 6.45) is 1.85. The zero-order valence-electron chi connectivity index (χ0n) is 14.4. The van der Waals surface area contributed by atoms with E-state index in [2.05, 4.69) is 29.5 Å². The SMILES string of the molecule is CCC(C)NC(=NCC(=O)N(C)C)NCCc1ccc(Cl)cc1. The van der Waals surface area contributed by atoms with Gasteiger partial charge in [0.15, 0.2) is 5.96 Å². The molecular formula is C17H27ClN4O. The Hall–Kier alpha value is -1.75. The lowest BCUT2D eigenvalue weighted by molar-refractivity contribution is -0.127. The first-order chi connectivity index (χ1) is 10.9. The standard InChI is InChI=1S/C17H27ClN4O/c1-5-13(2)21-17(20-12-16(23)22(3)4)19-11-10-14-6-8-15(18)9-7-14/h6-9,13H,5,10-12H2,1-4H3,(H2,19,20,21). The Morgan fingerprint density at radius 2 is 1.96 bits per heavy atom. The number of carbonyl (C=O) groups is 1. The summed E-state index contributed by atoms with van der Waals surface area (Å²) in [5.74, 6) is 0.650. The van der Waals surface area contributed by atoms with Crippen LogP contribution in [0.5, 0.6) is 0 Å². The van der Waals surface area contributed by atoms with Crippen LogP contribution in [0.1, 0.15) is 25.8 Å². The molecule has 2 N–H and O–H groups in total. The Bertz CT molecular complexity index is 514. The number of benzene rings is 1. The van der Waals surface area contributed by atoms with Gasteiger partial charge < -0.3 is 15.5 Å². The second kappa shape index (κ2) is 10.1. The minimum atomic E-state index is -0.0204. The molecule has 0 aliphatic rings. The molecular weight excluding hydrogens is 312 g/mol. The number of rotatable bonds is 7. The number of nitrogens with one attached hydrogen (secondary N) is 2. The molecule has 0 saturated heterocycles. The van der Waals surface area contributed by atoms with Crippen molar-refractivity contribution in [2.45, 2.75) is 32.7 Å². The van der Waals surface area contributed by atoms with Gasteiger partial charge in [0.25, 0.3) is 0 Å². The molecule has 1 unspecified atom stereocenters. The maximum atomic E-state index is 11.7. The third-order valence-corrected chi connectivity index (χ3v) is 3.74. The van der Waals surface area contributed by atoms with E-state index < -0.39 is 0 Å². The lowest BCUT2D eigenvalue weighted by Crippen LogP contribution is -2.43. The van der Waals surface area contributed by atoms with Crippen LogP contribution in [0, 0.1) is 0 Å². The van der Waals surface area contributed by atoms with Crippen LogP contribution in [0.2, 0.25) is 5.02 Å². The van der Waals surface area contributed by atoms with Crippen LogP contribution in [-0.4, -0.2) is 50.0 Å². The first-order valence-electron chi connectivity index (χ1n) is 7.91. The molecule has 1 aromatic rings. The van der Waals surface area contributed by atoms with Gasteiger partial charge in [0.1, 0.15) is 6.54 Å². The van der Waals surface area contributed by atoms with Gasteiger partial charge in [-0.1, -0.05) is 30.7 Å². The lowest BCUT2D eigenvalue weighted by Gasteiger charge is -2.17. The van der Waals surface area contributed by atoms with Crippen LogP contribution in [0.25, 0.3) is 0 Å². The van der Waals surface area contributed by atoms with Crippen molar-refractivity contribution in [2.75, 3.05) is 27.2 Å². The van der Waals surface area contributed by atoms with E-state index in [-0.39, 0.29) is 12.5 Å². The predicted octanol–water partition coefficient (Wildman–Crippen LogP) is 2.30. The summed E-state index contributed by atoms with van der Waals surface area (Å²) >= 11 is 5.89. The molecule has 1 amide bonds. The van der Waals surface area contributed by atoms with Gasteiger partial charge in [-0.2, -0.15) is 0 Å². The van der Waals surface area contributed by atoms with Gasteiger partial charge in [0.2, 0.25) is 5.91 Å². The number of hydrogen-bond donors (Lipinski definition) is 2. The molecule has 23 heavy (non-hydrogen) atoms. The molecule has 0 bridgehead atoms. The van der Waals surface area contributed by atoms with E-state index in [4.69, 9.17) is 11.6 Å². The van der Waals surface area contributed by atoms with E-state index in [1.807, 2.05) is 24.3 Å². The summed E-state index contributed by atoms with van der Waals surface area (Å²) in [7, 11) is 3.46. The van der Waals surface area contributed by atoms with Gasteiger partial charge in [0.05, 0.1) is 0 Å². The third kappa shape index (κ3) is 7.88. The summed E-state index contributed by atoms with van der Waals surface area (Å²) < 4.78 is 0. The van der Waals surface area contributed by atoms with Gasteiger partial charge in [-0.25, -0.2) is 4.99 Å². The predicted molar refractivity (Wildman–Crippen MR) is 97.0 cm³/mol. The lowest BCUT2D eigenvalue weighted by atomic mass is 10.1. The summed E-state index contributed by atoms with van der Waals surface area (Å²) in [4.78, 5) is 17.6. The molecule has 0 aliphatic carbocycles. The molecule has 6 heteroatoms. The van der Waals surface area contributed by atoms with Crippen LogP contribution in [0.4, 0.5) is 0 Å². The van der Waals surface area contributed by atoms with Crippen LogP contribution >= 0.6 is 11.6 Å². The van der Waals surface area contributed by atoms with Crippen molar-refractivity contribution in [3.8, 4) is 0 Å². The Kier molecular flexibility index (Phi) is 8.48. The number of amides is 1. The second-order valence-electron chi connectivity index (χ2n) is 5.71. The van der Waals surface area contributed by atoms with Crippen molar-refractivity contribution in [3.63, 3.8) is 0 Å². The summed E-state index contributed by atoms with van der Waals surface area (Å²) in [5, 5.41) is 7.32. The van der Waals surface area contributed by atoms with Crippen molar-refractivity contribution >= 4 is 23.5 Å². The Morgan fingerprint density at radius 3 is 2.52 bits per heavy atom. The Morgan fingerprint density at radius 1 is 1.30 bits per heavy atom. The number of carbonyl (C=O) groups excluding carboxylic acids is 1. The topological polar surface area (TPSA) is 56.7 Å². The first-order valence-corrected chi connectivity index (χ1v) is 8.29. The van der Waals surface area contributed by atoms with E-state index in [0.29, 0.717) is 12.0 Å². The average molecular weight is 339 g/mol. The number of nitrogens with zero attached hydrogens (tertiary/aromatic N) is 2. The van der Waals surface area contributed by atoms with Crippen molar-refractivity contribution < 1.29 is 4.79 Å². The quantitative estimate of drug-likeness (QED) is 0.592. The molecule has 0 aliphatic heterocycles. The van der Waals surface area contributed by atoms with Crippen molar-refractivity contribution in [3.05, 3.63) is 34.9 Å². The first kappa shape index (κ1) is 19.3. The molecule has 128 valence electrons. The van der Waals surface area contributed by atoms with Crippen molar-refractivity contribution in [1.29, 1.82) is 0 Å². The van der Waals surface area contributed by atoms with Crippen LogP contribution in [0.15, 0.2) is 29.3 Å². The fraction of sp³-hybridized carbons (Fsp3) is 0.529. The van der Waals surface area contributed by atoms with E-state index in [1.165, 1.54) is 10.5 Å². The highest BCUT2D eigenvalue weighted by Crippen LogP contribution is 2.09. The van der Waals surface area contributed by atoms with Gasteiger partial charge in [0, 0.05) is 31.7 Å². The molecule has 0 aromatic heterocycles. The highest BCUT2D eigenvalue weighted by Gasteiger charge is 2.06. The fourth-order valence-electron chi connectivity index (χ4n) is 1.75. The molecule has 1 rings (SSSR count). The molecule has 0 heterocycles. The van der Waals surface area contributed by atoms with E-state index >= 15 is 0 Å². The maximum Gasteiger partial charge on any atom is 0.243 e. The minimum absolute atomic E-state index is 0.0204. The molecule has 1 aromatic carbocycles. The van der Waals surface area contributed by atoms with E-state index in [0.717, 1.165) is 24.4 Å². The smallest absolute Gasteiger partial charge is 0.243 e. The second-order valence-corrected chi connectivity index (χ2v) is 6.15. The maximum absolute atomic E-state index is 11.7. The zero-order chi connectivity index (χ0) is 17.2. The number of halogens is 1. The normalized spacial score (nSPS) is 12.7. The van der Waals surface area contributed by atoms with Gasteiger partial charge in [-0.3, -0.25) is 4.79 Å². The average Bonchev–Trinajstić information content (AvgIpc) is 2.53. The zero-order valence-corrected chi connectivity index (χ0v) is 15.2. The Labute approximate surface area is 144 Å². The van der Waals surface area contributed by atoms with E-state index in [1.54, 1.807) is 14.1 Å². The Balaban J connectivity index is 2.56. The largest absolute Gasteiger partial charge is 0.356 e. The molecule has 0 saturated carbocycles.